The number of fused-ring (bicyclic) bond motifs is 2. The Morgan fingerprint density at radius 2 is 2.13 bits per heavy atom. The number of nitrogens with one attached hydrogen (secondary N) is 1. The van der Waals surface area contributed by atoms with Crippen molar-refractivity contribution in [3.63, 3.8) is 0 Å². The molecule has 0 saturated heterocycles. The third-order valence-corrected chi connectivity index (χ3v) is 4.08. The largest absolute Gasteiger partial charge is 0.314 e. The molecule has 0 bridgehead atoms. The average Bonchev–Trinajstić information content (AvgIpc) is 2.78. The Kier molecular flexibility index (Phi) is 2.26. The molecule has 0 fully saturated rings. The highest BCUT2D eigenvalue weighted by molar-refractivity contribution is 7.17. The lowest BCUT2D eigenvalue weighted by molar-refractivity contribution is 0.552. The lowest BCUT2D eigenvalue weighted by Crippen LogP contribution is -2.28. The summed E-state index contributed by atoms with van der Waals surface area (Å²) in [5, 5.41) is 7.14. The highest BCUT2D eigenvalue weighted by Crippen LogP contribution is 2.30. The van der Waals surface area contributed by atoms with Crippen LogP contribution in [-0.2, 0) is 12.8 Å². The van der Waals surface area contributed by atoms with E-state index in [4.69, 9.17) is 0 Å². The van der Waals surface area contributed by atoms with Crippen LogP contribution in [0.25, 0.3) is 10.1 Å². The standard InChI is InChI=1S/C13H15NS/c1-2-14-12-6-10-5-9-3-4-15-13(9)8-11(10)7-12/h3-5,8,12,14H,2,6-7H2,1H3/t12-/m0/s1. The summed E-state index contributed by atoms with van der Waals surface area (Å²) < 4.78 is 1.44. The molecular formula is C13H15NS. The number of rotatable bonds is 2. The number of benzene rings is 1. The van der Waals surface area contributed by atoms with Crippen LogP contribution in [0.2, 0.25) is 0 Å². The van der Waals surface area contributed by atoms with Gasteiger partial charge in [-0.05, 0) is 59.5 Å². The van der Waals surface area contributed by atoms with E-state index in [1.807, 2.05) is 11.3 Å². The van der Waals surface area contributed by atoms with Crippen LogP contribution in [0.5, 0.6) is 0 Å². The van der Waals surface area contributed by atoms with Gasteiger partial charge in [-0.25, -0.2) is 0 Å². The molecule has 2 heteroatoms. The van der Waals surface area contributed by atoms with E-state index < -0.39 is 0 Å². The fourth-order valence-corrected chi connectivity index (χ4v) is 3.35. The number of thiophene rings is 1. The van der Waals surface area contributed by atoms with Gasteiger partial charge in [-0.3, -0.25) is 0 Å². The fourth-order valence-electron chi connectivity index (χ4n) is 2.51. The van der Waals surface area contributed by atoms with E-state index in [2.05, 4.69) is 35.8 Å². The molecule has 15 heavy (non-hydrogen) atoms. The summed E-state index contributed by atoms with van der Waals surface area (Å²) >= 11 is 1.85. The minimum absolute atomic E-state index is 0.668. The van der Waals surface area contributed by atoms with Crippen molar-refractivity contribution in [1.82, 2.24) is 5.32 Å². The molecule has 0 aliphatic heterocycles. The van der Waals surface area contributed by atoms with Crippen LogP contribution in [0, 0.1) is 0 Å². The van der Waals surface area contributed by atoms with Gasteiger partial charge in [0, 0.05) is 10.7 Å². The van der Waals surface area contributed by atoms with Gasteiger partial charge in [-0.2, -0.15) is 0 Å². The fraction of sp³-hybridized carbons (Fsp3) is 0.385. The van der Waals surface area contributed by atoms with Crippen LogP contribution in [0.3, 0.4) is 0 Å². The molecule has 1 aliphatic rings. The van der Waals surface area contributed by atoms with Crippen LogP contribution < -0.4 is 5.32 Å². The van der Waals surface area contributed by atoms with Crippen LogP contribution in [0.1, 0.15) is 18.1 Å². The molecule has 1 nitrogen and oxygen atoms in total. The highest BCUT2D eigenvalue weighted by Gasteiger charge is 2.20. The normalized spacial score (nSPS) is 19.7. The number of hydrogen-bond acceptors (Lipinski definition) is 2. The average molecular weight is 217 g/mol. The van der Waals surface area contributed by atoms with Crippen molar-refractivity contribution >= 4 is 21.4 Å². The lowest BCUT2D eigenvalue weighted by atomic mass is 10.1. The summed E-state index contributed by atoms with van der Waals surface area (Å²) in [5.74, 6) is 0. The maximum absolute atomic E-state index is 3.54. The number of hydrogen-bond donors (Lipinski definition) is 1. The van der Waals surface area contributed by atoms with Gasteiger partial charge < -0.3 is 5.32 Å². The topological polar surface area (TPSA) is 12.0 Å². The van der Waals surface area contributed by atoms with Gasteiger partial charge in [0.05, 0.1) is 0 Å². The van der Waals surface area contributed by atoms with E-state index >= 15 is 0 Å². The summed E-state index contributed by atoms with van der Waals surface area (Å²) in [7, 11) is 0. The summed E-state index contributed by atoms with van der Waals surface area (Å²) in [4.78, 5) is 0. The molecule has 1 heterocycles. The van der Waals surface area contributed by atoms with Crippen LogP contribution >= 0.6 is 11.3 Å². The van der Waals surface area contributed by atoms with Gasteiger partial charge in [0.2, 0.25) is 0 Å². The van der Waals surface area contributed by atoms with Crippen molar-refractivity contribution in [3.8, 4) is 0 Å². The first-order valence-corrected chi connectivity index (χ1v) is 6.47. The van der Waals surface area contributed by atoms with Crippen molar-refractivity contribution in [2.45, 2.75) is 25.8 Å². The Morgan fingerprint density at radius 3 is 2.93 bits per heavy atom. The zero-order valence-electron chi connectivity index (χ0n) is 8.92. The molecule has 1 N–H and O–H groups in total. The van der Waals surface area contributed by atoms with Crippen LogP contribution in [0.15, 0.2) is 23.6 Å². The first kappa shape index (κ1) is 9.37. The van der Waals surface area contributed by atoms with Crippen molar-refractivity contribution < 1.29 is 0 Å². The Balaban J connectivity index is 1.98. The zero-order chi connectivity index (χ0) is 10.3. The molecule has 1 aromatic carbocycles. The third-order valence-electron chi connectivity index (χ3n) is 3.20. The summed E-state index contributed by atoms with van der Waals surface area (Å²) in [6.07, 6.45) is 2.41. The van der Waals surface area contributed by atoms with Gasteiger partial charge in [0.15, 0.2) is 0 Å². The molecular weight excluding hydrogens is 202 g/mol. The Hall–Kier alpha value is -0.860. The molecule has 78 valence electrons. The molecule has 0 radical (unpaired) electrons. The van der Waals surface area contributed by atoms with E-state index in [1.165, 1.54) is 22.9 Å². The predicted octanol–water partition coefficient (Wildman–Crippen LogP) is 2.98. The predicted molar refractivity (Wildman–Crippen MR) is 66.7 cm³/mol. The smallest absolute Gasteiger partial charge is 0.0345 e. The van der Waals surface area contributed by atoms with Crippen molar-refractivity contribution in [2.75, 3.05) is 6.54 Å². The molecule has 3 rings (SSSR count). The third kappa shape index (κ3) is 1.58. The summed E-state index contributed by atoms with van der Waals surface area (Å²) in [6, 6.07) is 7.65. The lowest BCUT2D eigenvalue weighted by Gasteiger charge is -2.08. The van der Waals surface area contributed by atoms with Crippen molar-refractivity contribution in [1.29, 1.82) is 0 Å². The molecule has 2 aromatic rings. The Morgan fingerprint density at radius 1 is 1.33 bits per heavy atom. The summed E-state index contributed by atoms with van der Waals surface area (Å²) in [5.41, 5.74) is 3.10. The van der Waals surface area contributed by atoms with Crippen LogP contribution in [-0.4, -0.2) is 12.6 Å². The summed E-state index contributed by atoms with van der Waals surface area (Å²) in [6.45, 7) is 3.26. The Bertz CT molecular complexity index is 446. The second kappa shape index (κ2) is 3.62. The monoisotopic (exact) mass is 217 g/mol. The van der Waals surface area contributed by atoms with E-state index in [-0.39, 0.29) is 0 Å². The maximum Gasteiger partial charge on any atom is 0.0345 e. The first-order valence-electron chi connectivity index (χ1n) is 5.59. The van der Waals surface area contributed by atoms with E-state index in [0.717, 1.165) is 6.54 Å². The molecule has 1 atom stereocenters. The van der Waals surface area contributed by atoms with Crippen molar-refractivity contribution in [3.05, 3.63) is 34.7 Å². The molecule has 0 saturated carbocycles. The van der Waals surface area contributed by atoms with Gasteiger partial charge in [0.25, 0.3) is 0 Å². The zero-order valence-corrected chi connectivity index (χ0v) is 9.73. The molecule has 0 spiro atoms. The van der Waals surface area contributed by atoms with Gasteiger partial charge in [-0.15, -0.1) is 11.3 Å². The maximum atomic E-state index is 3.54. The molecule has 1 aromatic heterocycles. The van der Waals surface area contributed by atoms with Gasteiger partial charge in [0.1, 0.15) is 0 Å². The minimum atomic E-state index is 0.668. The quantitative estimate of drug-likeness (QED) is 0.815. The van der Waals surface area contributed by atoms with Crippen LogP contribution in [0.4, 0.5) is 0 Å². The first-order chi connectivity index (χ1) is 7.36. The molecule has 0 unspecified atom stereocenters. The van der Waals surface area contributed by atoms with E-state index in [1.54, 1.807) is 11.1 Å². The van der Waals surface area contributed by atoms with Gasteiger partial charge >= 0.3 is 0 Å². The Labute approximate surface area is 94.1 Å². The second-order valence-corrected chi connectivity index (χ2v) is 5.19. The highest BCUT2D eigenvalue weighted by atomic mass is 32.1. The molecule has 1 aliphatic carbocycles. The molecule has 0 amide bonds. The van der Waals surface area contributed by atoms with E-state index in [9.17, 15) is 0 Å². The number of likely N-dealkylation sites (N-methyl/N-ethyl adjacent to an activating group) is 1. The van der Waals surface area contributed by atoms with E-state index in [0.29, 0.717) is 6.04 Å². The van der Waals surface area contributed by atoms with Gasteiger partial charge in [-0.1, -0.05) is 6.92 Å². The minimum Gasteiger partial charge on any atom is -0.314 e. The SMILES string of the molecule is CCN[C@H]1Cc2cc3ccsc3cc2C1. The second-order valence-electron chi connectivity index (χ2n) is 4.24. The van der Waals surface area contributed by atoms with Crippen molar-refractivity contribution in [2.24, 2.45) is 0 Å².